The van der Waals surface area contributed by atoms with Gasteiger partial charge in [-0.15, -0.1) is 11.3 Å². The molecule has 2 rings (SSSR count). The SMILES string of the molecule is CCc1ccc(C(N)c2sccc2Br)o1. The van der Waals surface area contributed by atoms with Crippen LogP contribution in [0.5, 0.6) is 0 Å². The minimum Gasteiger partial charge on any atom is -0.464 e. The fourth-order valence-electron chi connectivity index (χ4n) is 1.41. The molecule has 0 saturated heterocycles. The summed E-state index contributed by atoms with van der Waals surface area (Å²) in [5, 5.41) is 2.02. The Labute approximate surface area is 101 Å². The third-order valence-electron chi connectivity index (χ3n) is 2.26. The van der Waals surface area contributed by atoms with E-state index in [1.54, 1.807) is 11.3 Å². The van der Waals surface area contributed by atoms with Gasteiger partial charge in [-0.05, 0) is 39.5 Å². The van der Waals surface area contributed by atoms with Gasteiger partial charge < -0.3 is 10.2 Å². The van der Waals surface area contributed by atoms with Gasteiger partial charge in [0, 0.05) is 15.8 Å². The third-order valence-corrected chi connectivity index (χ3v) is 4.22. The number of rotatable bonds is 3. The minimum atomic E-state index is -0.167. The second-order valence-corrected chi connectivity index (χ2v) is 5.07. The van der Waals surface area contributed by atoms with Crippen molar-refractivity contribution in [3.05, 3.63) is 44.4 Å². The van der Waals surface area contributed by atoms with Gasteiger partial charge in [0.15, 0.2) is 0 Å². The van der Waals surface area contributed by atoms with E-state index in [1.165, 1.54) is 0 Å². The summed E-state index contributed by atoms with van der Waals surface area (Å²) in [7, 11) is 0. The topological polar surface area (TPSA) is 39.2 Å². The Hall–Kier alpha value is -0.580. The normalized spacial score (nSPS) is 13.0. The molecule has 0 aromatic carbocycles. The second-order valence-electron chi connectivity index (χ2n) is 3.27. The summed E-state index contributed by atoms with van der Waals surface area (Å²) in [5.74, 6) is 1.81. The van der Waals surface area contributed by atoms with Crippen molar-refractivity contribution in [1.29, 1.82) is 0 Å². The summed E-state index contributed by atoms with van der Waals surface area (Å²) in [6.07, 6.45) is 0.901. The largest absolute Gasteiger partial charge is 0.464 e. The molecule has 0 aliphatic carbocycles. The zero-order valence-electron chi connectivity index (χ0n) is 8.37. The molecule has 4 heteroatoms. The minimum absolute atomic E-state index is 0.167. The van der Waals surface area contributed by atoms with Crippen molar-refractivity contribution in [2.24, 2.45) is 5.73 Å². The first-order chi connectivity index (χ1) is 7.22. The van der Waals surface area contributed by atoms with Crippen LogP contribution < -0.4 is 5.73 Å². The van der Waals surface area contributed by atoms with Gasteiger partial charge in [-0.2, -0.15) is 0 Å². The van der Waals surface area contributed by atoms with Gasteiger partial charge in [0.1, 0.15) is 11.5 Å². The molecule has 0 fully saturated rings. The maximum absolute atomic E-state index is 6.12. The van der Waals surface area contributed by atoms with Gasteiger partial charge in [0.2, 0.25) is 0 Å². The van der Waals surface area contributed by atoms with E-state index < -0.39 is 0 Å². The maximum Gasteiger partial charge on any atom is 0.126 e. The molecule has 0 spiro atoms. The quantitative estimate of drug-likeness (QED) is 0.934. The van der Waals surface area contributed by atoms with Crippen LogP contribution >= 0.6 is 27.3 Å². The first kappa shape index (κ1) is 10.9. The number of nitrogens with two attached hydrogens (primary N) is 1. The van der Waals surface area contributed by atoms with E-state index in [1.807, 2.05) is 23.6 Å². The maximum atomic E-state index is 6.12. The lowest BCUT2D eigenvalue weighted by molar-refractivity contribution is 0.455. The highest BCUT2D eigenvalue weighted by atomic mass is 79.9. The van der Waals surface area contributed by atoms with Gasteiger partial charge in [0.05, 0.1) is 6.04 Å². The molecule has 2 aromatic rings. The van der Waals surface area contributed by atoms with E-state index in [-0.39, 0.29) is 6.04 Å². The van der Waals surface area contributed by atoms with Crippen molar-refractivity contribution in [2.75, 3.05) is 0 Å². The standard InChI is InChI=1S/C11H12BrNOS/c1-2-7-3-4-9(14-7)10(13)11-8(12)5-6-15-11/h3-6,10H,2,13H2,1H3. The Morgan fingerprint density at radius 2 is 2.27 bits per heavy atom. The lowest BCUT2D eigenvalue weighted by Gasteiger charge is -2.06. The van der Waals surface area contributed by atoms with Crippen LogP contribution in [-0.4, -0.2) is 0 Å². The predicted octanol–water partition coefficient (Wildman–Crippen LogP) is 3.71. The Kier molecular flexibility index (Phi) is 3.29. The van der Waals surface area contributed by atoms with E-state index in [4.69, 9.17) is 10.2 Å². The van der Waals surface area contributed by atoms with Crippen LogP contribution in [-0.2, 0) is 6.42 Å². The molecule has 1 atom stereocenters. The molecule has 15 heavy (non-hydrogen) atoms. The molecule has 0 aliphatic rings. The average molecular weight is 286 g/mol. The number of furan rings is 1. The number of thiophene rings is 1. The summed E-state index contributed by atoms with van der Waals surface area (Å²) in [5.41, 5.74) is 6.12. The molecule has 0 saturated carbocycles. The predicted molar refractivity (Wildman–Crippen MR) is 66.1 cm³/mol. The molecule has 2 N–H and O–H groups in total. The van der Waals surface area contributed by atoms with Crippen LogP contribution in [0.3, 0.4) is 0 Å². The van der Waals surface area contributed by atoms with E-state index in [0.717, 1.165) is 27.3 Å². The molecule has 2 nitrogen and oxygen atoms in total. The second kappa shape index (κ2) is 4.51. The first-order valence-corrected chi connectivity index (χ1v) is 6.46. The van der Waals surface area contributed by atoms with Crippen molar-refractivity contribution in [1.82, 2.24) is 0 Å². The fourth-order valence-corrected chi connectivity index (χ4v) is 3.04. The van der Waals surface area contributed by atoms with E-state index >= 15 is 0 Å². The molecule has 0 bridgehead atoms. The third kappa shape index (κ3) is 2.17. The smallest absolute Gasteiger partial charge is 0.126 e. The number of aryl methyl sites for hydroxylation is 1. The molecule has 0 aliphatic heterocycles. The van der Waals surface area contributed by atoms with Gasteiger partial charge >= 0.3 is 0 Å². The zero-order valence-corrected chi connectivity index (χ0v) is 10.8. The van der Waals surface area contributed by atoms with E-state index in [0.29, 0.717) is 0 Å². The van der Waals surface area contributed by atoms with Crippen LogP contribution in [0.1, 0.15) is 29.4 Å². The number of hydrogen-bond acceptors (Lipinski definition) is 3. The molecular weight excluding hydrogens is 274 g/mol. The summed E-state index contributed by atoms with van der Waals surface area (Å²) in [6, 6.07) is 5.77. The van der Waals surface area contributed by atoms with Crippen molar-refractivity contribution >= 4 is 27.3 Å². The van der Waals surface area contributed by atoms with Crippen molar-refractivity contribution in [3.63, 3.8) is 0 Å². The van der Waals surface area contributed by atoms with Crippen LogP contribution in [0, 0.1) is 0 Å². The number of hydrogen-bond donors (Lipinski definition) is 1. The summed E-state index contributed by atoms with van der Waals surface area (Å²) < 4.78 is 6.68. The van der Waals surface area contributed by atoms with Crippen LogP contribution in [0.2, 0.25) is 0 Å². The molecule has 0 radical (unpaired) electrons. The van der Waals surface area contributed by atoms with Crippen LogP contribution in [0.15, 0.2) is 32.5 Å². The first-order valence-electron chi connectivity index (χ1n) is 4.79. The Balaban J connectivity index is 2.28. The molecule has 2 aromatic heterocycles. The van der Waals surface area contributed by atoms with Crippen molar-refractivity contribution in [3.8, 4) is 0 Å². The highest BCUT2D eigenvalue weighted by Crippen LogP contribution is 2.32. The van der Waals surface area contributed by atoms with E-state index in [2.05, 4.69) is 22.9 Å². The highest BCUT2D eigenvalue weighted by Gasteiger charge is 2.16. The van der Waals surface area contributed by atoms with Gasteiger partial charge in [-0.3, -0.25) is 0 Å². The molecule has 2 heterocycles. The van der Waals surface area contributed by atoms with Crippen LogP contribution in [0.25, 0.3) is 0 Å². The van der Waals surface area contributed by atoms with Crippen molar-refractivity contribution in [2.45, 2.75) is 19.4 Å². The summed E-state index contributed by atoms with van der Waals surface area (Å²) in [6.45, 7) is 2.06. The lowest BCUT2D eigenvalue weighted by atomic mass is 10.2. The average Bonchev–Trinajstić information content (AvgIpc) is 2.84. The Morgan fingerprint density at radius 3 is 2.80 bits per heavy atom. The van der Waals surface area contributed by atoms with Gasteiger partial charge in [-0.25, -0.2) is 0 Å². The molecule has 1 unspecified atom stereocenters. The number of halogens is 1. The van der Waals surface area contributed by atoms with Crippen molar-refractivity contribution < 1.29 is 4.42 Å². The molecule has 0 amide bonds. The van der Waals surface area contributed by atoms with Gasteiger partial charge in [-0.1, -0.05) is 6.92 Å². The summed E-state index contributed by atoms with van der Waals surface area (Å²) >= 11 is 5.11. The fraction of sp³-hybridized carbons (Fsp3) is 0.273. The van der Waals surface area contributed by atoms with E-state index in [9.17, 15) is 0 Å². The van der Waals surface area contributed by atoms with Gasteiger partial charge in [0.25, 0.3) is 0 Å². The zero-order chi connectivity index (χ0) is 10.8. The van der Waals surface area contributed by atoms with Crippen LogP contribution in [0.4, 0.5) is 0 Å². The Morgan fingerprint density at radius 1 is 1.47 bits per heavy atom. The molecule has 80 valence electrons. The molecular formula is C11H12BrNOS. The monoisotopic (exact) mass is 285 g/mol. The lowest BCUT2D eigenvalue weighted by Crippen LogP contribution is -2.09. The summed E-state index contributed by atoms with van der Waals surface area (Å²) in [4.78, 5) is 1.10. The highest BCUT2D eigenvalue weighted by molar-refractivity contribution is 9.10. The Bertz CT molecular complexity index is 449.